The first kappa shape index (κ1) is 21.7. The van der Waals surface area contributed by atoms with Crippen molar-refractivity contribution in [1.29, 1.82) is 0 Å². The van der Waals surface area contributed by atoms with Crippen LogP contribution in [0.4, 0.5) is 5.95 Å². The average Bonchev–Trinajstić information content (AvgIpc) is 2.84. The van der Waals surface area contributed by atoms with Crippen molar-refractivity contribution in [3.05, 3.63) is 57.4 Å². The molecule has 0 bridgehead atoms. The molecule has 0 amide bonds. The van der Waals surface area contributed by atoms with E-state index in [9.17, 15) is 4.79 Å². The number of likely N-dealkylation sites (N-methyl/N-ethyl adjacent to an activating group) is 1. The lowest BCUT2D eigenvalue weighted by Gasteiger charge is -2.34. The van der Waals surface area contributed by atoms with Gasteiger partial charge in [-0.1, -0.05) is 18.2 Å². The van der Waals surface area contributed by atoms with Crippen molar-refractivity contribution in [3.63, 3.8) is 0 Å². The summed E-state index contributed by atoms with van der Waals surface area (Å²) in [7, 11) is 5.33. The van der Waals surface area contributed by atoms with Crippen LogP contribution >= 0.6 is 0 Å². The highest BCUT2D eigenvalue weighted by Gasteiger charge is 2.23. The molecule has 0 unspecified atom stereocenters. The van der Waals surface area contributed by atoms with E-state index < -0.39 is 0 Å². The van der Waals surface area contributed by atoms with Gasteiger partial charge in [0.2, 0.25) is 5.95 Å². The number of aromatic amines is 1. The highest BCUT2D eigenvalue weighted by molar-refractivity contribution is 5.82. The lowest BCUT2D eigenvalue weighted by atomic mass is 9.94. The second-order valence-corrected chi connectivity index (χ2v) is 8.92. The maximum atomic E-state index is 12.8. The van der Waals surface area contributed by atoms with Gasteiger partial charge in [0.25, 0.3) is 5.56 Å². The molecular formula is C25H31N5O3. The van der Waals surface area contributed by atoms with E-state index in [4.69, 9.17) is 14.5 Å². The van der Waals surface area contributed by atoms with E-state index in [1.54, 1.807) is 26.4 Å². The van der Waals surface area contributed by atoms with Crippen molar-refractivity contribution in [2.24, 2.45) is 0 Å². The van der Waals surface area contributed by atoms with Crippen molar-refractivity contribution < 1.29 is 9.47 Å². The molecule has 1 aromatic heterocycles. The number of fused-ring (bicyclic) bond motifs is 2. The Labute approximate surface area is 193 Å². The fraction of sp³-hybridized carbons (Fsp3) is 0.440. The Morgan fingerprint density at radius 1 is 1.03 bits per heavy atom. The van der Waals surface area contributed by atoms with Crippen molar-refractivity contribution in [3.8, 4) is 11.5 Å². The number of aromatic nitrogens is 2. The molecule has 8 heteroatoms. The largest absolute Gasteiger partial charge is 0.493 e. The second kappa shape index (κ2) is 9.03. The number of methoxy groups -OCH3 is 2. The molecule has 2 aromatic carbocycles. The maximum absolute atomic E-state index is 12.8. The number of piperazine rings is 1. The van der Waals surface area contributed by atoms with Gasteiger partial charge in [0.05, 0.1) is 25.1 Å². The van der Waals surface area contributed by atoms with E-state index in [2.05, 4.69) is 44.9 Å². The summed E-state index contributed by atoms with van der Waals surface area (Å²) in [5, 5.41) is 0.489. The molecule has 0 radical (unpaired) electrons. The lowest BCUT2D eigenvalue weighted by Crippen LogP contribution is -2.44. The van der Waals surface area contributed by atoms with Gasteiger partial charge in [-0.05, 0) is 36.2 Å². The van der Waals surface area contributed by atoms with E-state index in [1.807, 2.05) is 0 Å². The van der Waals surface area contributed by atoms with Gasteiger partial charge in [0.1, 0.15) is 0 Å². The van der Waals surface area contributed by atoms with Gasteiger partial charge >= 0.3 is 0 Å². The number of anilines is 1. The van der Waals surface area contributed by atoms with E-state index in [1.165, 1.54) is 16.7 Å². The molecule has 0 aliphatic carbocycles. The minimum absolute atomic E-state index is 0.175. The van der Waals surface area contributed by atoms with Gasteiger partial charge < -0.3 is 19.3 Å². The third kappa shape index (κ3) is 4.28. The summed E-state index contributed by atoms with van der Waals surface area (Å²) in [6.45, 7) is 7.03. The number of nitrogens with zero attached hydrogens (tertiary/aromatic N) is 4. The molecule has 174 valence electrons. The van der Waals surface area contributed by atoms with Crippen molar-refractivity contribution in [2.45, 2.75) is 19.5 Å². The van der Waals surface area contributed by atoms with Crippen LogP contribution in [-0.4, -0.2) is 73.8 Å². The molecule has 3 heterocycles. The molecule has 3 aromatic rings. The monoisotopic (exact) mass is 449 g/mol. The maximum Gasteiger partial charge on any atom is 0.260 e. The predicted molar refractivity (Wildman–Crippen MR) is 129 cm³/mol. The van der Waals surface area contributed by atoms with Crippen LogP contribution in [-0.2, 0) is 19.5 Å². The van der Waals surface area contributed by atoms with E-state index in [-0.39, 0.29) is 5.56 Å². The summed E-state index contributed by atoms with van der Waals surface area (Å²) in [6.07, 6.45) is 0.937. The van der Waals surface area contributed by atoms with Crippen molar-refractivity contribution in [1.82, 2.24) is 19.8 Å². The number of nitrogens with one attached hydrogen (secondary N) is 1. The number of H-pyrrole nitrogens is 1. The zero-order valence-corrected chi connectivity index (χ0v) is 19.6. The van der Waals surface area contributed by atoms with E-state index >= 15 is 0 Å². The molecule has 2 aliphatic rings. The predicted octanol–water partition coefficient (Wildman–Crippen LogP) is 2.25. The van der Waals surface area contributed by atoms with Gasteiger partial charge in [0, 0.05) is 51.9 Å². The quantitative estimate of drug-likeness (QED) is 0.640. The smallest absolute Gasteiger partial charge is 0.260 e. The highest BCUT2D eigenvalue weighted by atomic mass is 16.5. The van der Waals surface area contributed by atoms with Gasteiger partial charge in [-0.2, -0.15) is 0 Å². The molecule has 33 heavy (non-hydrogen) atoms. The summed E-state index contributed by atoms with van der Waals surface area (Å²) < 4.78 is 10.7. The molecule has 1 saturated heterocycles. The van der Waals surface area contributed by atoms with E-state index in [0.717, 1.165) is 52.2 Å². The summed E-state index contributed by atoms with van der Waals surface area (Å²) in [6, 6.07) is 10.1. The van der Waals surface area contributed by atoms with Crippen LogP contribution in [0.5, 0.6) is 11.5 Å². The minimum Gasteiger partial charge on any atom is -0.493 e. The van der Waals surface area contributed by atoms with Crippen LogP contribution in [0.2, 0.25) is 0 Å². The zero-order chi connectivity index (χ0) is 22.9. The topological polar surface area (TPSA) is 73.9 Å². The first-order chi connectivity index (χ1) is 16.1. The van der Waals surface area contributed by atoms with Crippen LogP contribution in [0.3, 0.4) is 0 Å². The van der Waals surface area contributed by atoms with E-state index in [0.29, 0.717) is 28.4 Å². The van der Waals surface area contributed by atoms with Crippen molar-refractivity contribution in [2.75, 3.05) is 58.9 Å². The molecule has 8 nitrogen and oxygen atoms in total. The number of ether oxygens (including phenoxy) is 2. The number of hydrogen-bond acceptors (Lipinski definition) is 7. The van der Waals surface area contributed by atoms with Gasteiger partial charge in [0.15, 0.2) is 11.5 Å². The van der Waals surface area contributed by atoms with Crippen LogP contribution in [0.15, 0.2) is 35.1 Å². The zero-order valence-electron chi connectivity index (χ0n) is 19.6. The Hall–Kier alpha value is -3.10. The van der Waals surface area contributed by atoms with Crippen LogP contribution in [0, 0.1) is 0 Å². The SMILES string of the molecule is COc1cc2nc(N3CCc4c(CN5CCN(C)CC5)cccc4C3)[nH]c(=O)c2cc1OC. The lowest BCUT2D eigenvalue weighted by molar-refractivity contribution is 0.148. The molecule has 0 atom stereocenters. The number of benzene rings is 2. The minimum atomic E-state index is -0.175. The first-order valence-corrected chi connectivity index (χ1v) is 11.5. The molecular weight excluding hydrogens is 418 g/mol. The standard InChI is InChI=1S/C25H31N5O3/c1-28-9-11-29(12-10-28)15-17-5-4-6-18-16-30(8-7-19(17)18)25-26-21-14-23(33-3)22(32-2)13-20(21)24(31)27-25/h4-6,13-14H,7-12,15-16H2,1-3H3,(H,26,27,31). The average molecular weight is 450 g/mol. The number of rotatable bonds is 5. The Kier molecular flexibility index (Phi) is 5.95. The van der Waals surface area contributed by atoms with Gasteiger partial charge in [-0.15, -0.1) is 0 Å². The Morgan fingerprint density at radius 2 is 1.79 bits per heavy atom. The molecule has 1 fully saturated rings. The second-order valence-electron chi connectivity index (χ2n) is 8.92. The third-order valence-electron chi connectivity index (χ3n) is 6.85. The van der Waals surface area contributed by atoms with Gasteiger partial charge in [-0.3, -0.25) is 14.7 Å². The van der Waals surface area contributed by atoms with Crippen LogP contribution < -0.4 is 19.9 Å². The molecule has 0 spiro atoms. The summed E-state index contributed by atoms with van der Waals surface area (Å²) in [4.78, 5) is 27.6. The molecule has 1 N–H and O–H groups in total. The van der Waals surface area contributed by atoms with Crippen molar-refractivity contribution >= 4 is 16.9 Å². The summed E-state index contributed by atoms with van der Waals surface area (Å²) in [5.74, 6) is 1.67. The molecule has 0 saturated carbocycles. The summed E-state index contributed by atoms with van der Waals surface area (Å²) in [5.41, 5.74) is 4.60. The fourth-order valence-electron chi connectivity index (χ4n) is 4.87. The molecule has 2 aliphatic heterocycles. The molecule has 5 rings (SSSR count). The van der Waals surface area contributed by atoms with Crippen LogP contribution in [0.25, 0.3) is 10.9 Å². The van der Waals surface area contributed by atoms with Crippen LogP contribution in [0.1, 0.15) is 16.7 Å². The number of hydrogen-bond donors (Lipinski definition) is 1. The van der Waals surface area contributed by atoms with Gasteiger partial charge in [-0.25, -0.2) is 4.98 Å². The Bertz CT molecular complexity index is 1220. The summed E-state index contributed by atoms with van der Waals surface area (Å²) >= 11 is 0. The third-order valence-corrected chi connectivity index (χ3v) is 6.85. The Balaban J connectivity index is 1.40. The first-order valence-electron chi connectivity index (χ1n) is 11.5. The highest BCUT2D eigenvalue weighted by Crippen LogP contribution is 2.31. The fourth-order valence-corrected chi connectivity index (χ4v) is 4.87. The Morgan fingerprint density at radius 3 is 2.55 bits per heavy atom. The normalized spacial score (nSPS) is 17.2.